The topological polar surface area (TPSA) is 113 Å². The standard InChI is InChI=1S/C27H26ClN3O6S2/c28-21-10-3-1-7-18(21)16-30(24(32)17-31-27(34)20-9-2-4-12-23(20)39(31,35)36)25(22-11-6-14-38-22)26(33)29-15-19-8-5-13-37-19/h1-4,6-7,9-12,14,19,25H,5,8,13,15-17H2,(H,29,33)/t19-,25+/m0/s1. The average Bonchev–Trinajstić information content (AvgIpc) is 3.68. The Bertz CT molecular complexity index is 1490. The zero-order chi connectivity index (χ0) is 27.6. The number of thiophene rings is 1. The number of benzene rings is 2. The normalized spacial score (nSPS) is 18.5. The number of sulfonamides is 1. The lowest BCUT2D eigenvalue weighted by molar-refractivity contribution is -0.141. The Morgan fingerprint density at radius 2 is 1.90 bits per heavy atom. The van der Waals surface area contributed by atoms with Crippen molar-refractivity contribution in [3.63, 3.8) is 0 Å². The Morgan fingerprint density at radius 1 is 1.13 bits per heavy atom. The molecule has 204 valence electrons. The van der Waals surface area contributed by atoms with E-state index >= 15 is 0 Å². The highest BCUT2D eigenvalue weighted by atomic mass is 35.5. The molecule has 0 spiro atoms. The van der Waals surface area contributed by atoms with Gasteiger partial charge >= 0.3 is 0 Å². The van der Waals surface area contributed by atoms with Gasteiger partial charge in [0.2, 0.25) is 11.8 Å². The van der Waals surface area contributed by atoms with Gasteiger partial charge in [0.05, 0.1) is 11.7 Å². The molecule has 3 amide bonds. The van der Waals surface area contributed by atoms with Crippen molar-refractivity contribution in [1.82, 2.24) is 14.5 Å². The summed E-state index contributed by atoms with van der Waals surface area (Å²) in [5.74, 6) is -1.94. The molecular weight excluding hydrogens is 562 g/mol. The first kappa shape index (κ1) is 27.3. The average molecular weight is 588 g/mol. The Balaban J connectivity index is 1.48. The second-order valence-corrected chi connectivity index (χ2v) is 12.4. The Labute approximate surface area is 235 Å². The van der Waals surface area contributed by atoms with E-state index in [0.717, 1.165) is 12.8 Å². The first-order valence-electron chi connectivity index (χ1n) is 12.4. The van der Waals surface area contributed by atoms with E-state index < -0.39 is 40.3 Å². The van der Waals surface area contributed by atoms with Crippen LogP contribution in [0, 0.1) is 0 Å². The molecule has 39 heavy (non-hydrogen) atoms. The van der Waals surface area contributed by atoms with Gasteiger partial charge < -0.3 is 15.0 Å². The quantitative estimate of drug-likeness (QED) is 0.409. The van der Waals surface area contributed by atoms with Gasteiger partial charge in [-0.2, -0.15) is 0 Å². The van der Waals surface area contributed by atoms with Gasteiger partial charge in [0.15, 0.2) is 0 Å². The van der Waals surface area contributed by atoms with Gasteiger partial charge in [0.1, 0.15) is 17.5 Å². The molecule has 1 fully saturated rings. The van der Waals surface area contributed by atoms with E-state index in [1.54, 1.807) is 47.8 Å². The van der Waals surface area contributed by atoms with E-state index in [9.17, 15) is 22.8 Å². The smallest absolute Gasteiger partial charge is 0.269 e. The van der Waals surface area contributed by atoms with Crippen molar-refractivity contribution in [2.24, 2.45) is 0 Å². The van der Waals surface area contributed by atoms with Crippen LogP contribution in [0.1, 0.15) is 39.7 Å². The predicted octanol–water partition coefficient (Wildman–Crippen LogP) is 3.61. The van der Waals surface area contributed by atoms with E-state index in [4.69, 9.17) is 16.3 Å². The summed E-state index contributed by atoms with van der Waals surface area (Å²) in [5.41, 5.74) is 0.576. The third-order valence-electron chi connectivity index (χ3n) is 6.71. The zero-order valence-corrected chi connectivity index (χ0v) is 23.2. The zero-order valence-electron chi connectivity index (χ0n) is 20.8. The van der Waals surface area contributed by atoms with Gasteiger partial charge in [-0.25, -0.2) is 12.7 Å². The summed E-state index contributed by atoms with van der Waals surface area (Å²) in [6.07, 6.45) is 1.62. The van der Waals surface area contributed by atoms with Crippen LogP contribution in [0.4, 0.5) is 0 Å². The van der Waals surface area contributed by atoms with Gasteiger partial charge in [-0.05, 0) is 48.1 Å². The van der Waals surface area contributed by atoms with Gasteiger partial charge in [-0.1, -0.05) is 48.0 Å². The molecule has 2 aliphatic heterocycles. The molecule has 0 unspecified atom stereocenters. The third kappa shape index (κ3) is 5.58. The molecule has 3 aromatic rings. The van der Waals surface area contributed by atoms with E-state index in [1.807, 2.05) is 0 Å². The highest BCUT2D eigenvalue weighted by Gasteiger charge is 2.43. The second-order valence-electron chi connectivity index (χ2n) is 9.22. The van der Waals surface area contributed by atoms with Gasteiger partial charge in [0.25, 0.3) is 15.9 Å². The molecule has 2 aliphatic rings. The van der Waals surface area contributed by atoms with Crippen LogP contribution in [0.5, 0.6) is 0 Å². The molecule has 1 N–H and O–H groups in total. The van der Waals surface area contributed by atoms with Crippen LogP contribution in [-0.4, -0.2) is 61.1 Å². The number of rotatable bonds is 9. The third-order valence-corrected chi connectivity index (χ3v) is 9.79. The lowest BCUT2D eigenvalue weighted by Crippen LogP contribution is -2.48. The summed E-state index contributed by atoms with van der Waals surface area (Å²) in [7, 11) is -4.23. The van der Waals surface area contributed by atoms with Crippen molar-refractivity contribution in [3.8, 4) is 0 Å². The monoisotopic (exact) mass is 587 g/mol. The van der Waals surface area contributed by atoms with E-state index in [-0.39, 0.29) is 29.7 Å². The molecule has 3 heterocycles. The van der Waals surface area contributed by atoms with Crippen molar-refractivity contribution in [3.05, 3.63) is 87.1 Å². The van der Waals surface area contributed by atoms with Crippen LogP contribution in [0.3, 0.4) is 0 Å². The first-order chi connectivity index (χ1) is 18.8. The van der Waals surface area contributed by atoms with Crippen LogP contribution in [0.25, 0.3) is 0 Å². The van der Waals surface area contributed by atoms with Crippen molar-refractivity contribution >= 4 is 50.7 Å². The lowest BCUT2D eigenvalue weighted by atomic mass is 10.1. The molecule has 1 saturated heterocycles. The molecular formula is C27H26ClN3O6S2. The molecule has 1 aromatic heterocycles. The number of carbonyl (C=O) groups excluding carboxylic acids is 3. The minimum absolute atomic E-state index is 0.00654. The molecule has 2 aromatic carbocycles. The molecule has 0 radical (unpaired) electrons. The van der Waals surface area contributed by atoms with Crippen LogP contribution < -0.4 is 5.32 Å². The highest BCUT2D eigenvalue weighted by molar-refractivity contribution is 7.90. The summed E-state index contributed by atoms with van der Waals surface area (Å²) in [4.78, 5) is 42.3. The number of ether oxygens (including phenoxy) is 1. The fraction of sp³-hybridized carbons (Fsp3) is 0.296. The van der Waals surface area contributed by atoms with Gasteiger partial charge in [-0.15, -0.1) is 11.3 Å². The first-order valence-corrected chi connectivity index (χ1v) is 15.1. The molecule has 9 nitrogen and oxygen atoms in total. The molecule has 0 saturated carbocycles. The fourth-order valence-electron chi connectivity index (χ4n) is 4.72. The fourth-order valence-corrected chi connectivity index (χ4v) is 7.27. The maximum absolute atomic E-state index is 13.9. The number of halogens is 1. The molecule has 0 aliphatic carbocycles. The summed E-state index contributed by atoms with van der Waals surface area (Å²) >= 11 is 7.71. The lowest BCUT2D eigenvalue weighted by Gasteiger charge is -2.32. The van der Waals surface area contributed by atoms with Crippen LogP contribution >= 0.6 is 22.9 Å². The van der Waals surface area contributed by atoms with Crippen LogP contribution in [0.15, 0.2) is 70.9 Å². The second kappa shape index (κ2) is 11.5. The number of fused-ring (bicyclic) bond motifs is 1. The molecule has 5 rings (SSSR count). The highest BCUT2D eigenvalue weighted by Crippen LogP contribution is 2.33. The molecule has 2 atom stereocenters. The van der Waals surface area contributed by atoms with Crippen molar-refractivity contribution in [2.45, 2.75) is 36.4 Å². The maximum Gasteiger partial charge on any atom is 0.269 e. The number of hydrogen-bond acceptors (Lipinski definition) is 7. The summed E-state index contributed by atoms with van der Waals surface area (Å²) < 4.78 is 32.5. The largest absolute Gasteiger partial charge is 0.376 e. The molecule has 0 bridgehead atoms. The summed E-state index contributed by atoms with van der Waals surface area (Å²) in [6, 6.07) is 15.1. The number of nitrogens with one attached hydrogen (secondary N) is 1. The van der Waals surface area contributed by atoms with Crippen molar-refractivity contribution in [2.75, 3.05) is 19.7 Å². The minimum Gasteiger partial charge on any atom is -0.376 e. The number of hydrogen-bond donors (Lipinski definition) is 1. The predicted molar refractivity (Wildman–Crippen MR) is 146 cm³/mol. The van der Waals surface area contributed by atoms with Crippen molar-refractivity contribution in [1.29, 1.82) is 0 Å². The SMILES string of the molecule is O=C(NC[C@@H]1CCCO1)[C@@H](c1cccs1)N(Cc1ccccc1Cl)C(=O)CN1C(=O)c2ccccc2S1(=O)=O. The number of carbonyl (C=O) groups is 3. The van der Waals surface area contributed by atoms with E-state index in [0.29, 0.717) is 26.4 Å². The Kier molecular flexibility index (Phi) is 8.03. The molecule has 12 heteroatoms. The minimum atomic E-state index is -4.23. The maximum atomic E-state index is 13.9. The number of nitrogens with zero attached hydrogens (tertiary/aromatic N) is 2. The summed E-state index contributed by atoms with van der Waals surface area (Å²) in [5, 5.41) is 5.08. The Morgan fingerprint density at radius 3 is 2.59 bits per heavy atom. The van der Waals surface area contributed by atoms with Gasteiger partial charge in [-0.3, -0.25) is 14.4 Å². The van der Waals surface area contributed by atoms with Crippen LogP contribution in [-0.2, 0) is 30.9 Å². The number of amides is 3. The Hall–Kier alpha value is -3.25. The van der Waals surface area contributed by atoms with Crippen molar-refractivity contribution < 1.29 is 27.5 Å². The summed E-state index contributed by atoms with van der Waals surface area (Å²) in [6.45, 7) is 0.0699. The van der Waals surface area contributed by atoms with E-state index in [2.05, 4.69) is 5.32 Å². The van der Waals surface area contributed by atoms with Gasteiger partial charge in [0, 0.05) is 29.6 Å². The van der Waals surface area contributed by atoms with Crippen LogP contribution in [0.2, 0.25) is 5.02 Å². The van der Waals surface area contributed by atoms with E-state index in [1.165, 1.54) is 34.4 Å².